The maximum Gasteiger partial charge on any atom is 0.186 e. The molecule has 0 aromatic rings. The normalized spacial score (nSPS) is 43.4. The summed E-state index contributed by atoms with van der Waals surface area (Å²) < 4.78 is 0. The van der Waals surface area contributed by atoms with Crippen LogP contribution in [0.5, 0.6) is 0 Å². The van der Waals surface area contributed by atoms with Gasteiger partial charge in [-0.15, -0.1) is 0 Å². The number of hydrogen-bond acceptors (Lipinski definition) is 4. The van der Waals surface area contributed by atoms with Gasteiger partial charge in [0.2, 0.25) is 0 Å². The molecule has 6 atom stereocenters. The van der Waals surface area contributed by atoms with Gasteiger partial charge >= 0.3 is 0 Å². The molecular formula is C23H32O3S. The van der Waals surface area contributed by atoms with E-state index in [9.17, 15) is 14.4 Å². The molecule has 148 valence electrons. The molecule has 0 saturated heterocycles. The third-order valence-electron chi connectivity index (χ3n) is 8.77. The number of ketones is 2. The fourth-order valence-corrected chi connectivity index (χ4v) is 7.91. The van der Waals surface area contributed by atoms with Crippen molar-refractivity contribution in [3.63, 3.8) is 0 Å². The van der Waals surface area contributed by atoms with Crippen molar-refractivity contribution in [3.8, 4) is 0 Å². The SMILES string of the molecule is CC(=O)SCC(=O)[C@H]1CC[C@H]2[C@@H]3CCC4=CC(=O)CC[C@]4(C)[C@H]3CC[C@]12C. The van der Waals surface area contributed by atoms with Gasteiger partial charge in [0, 0.05) is 19.3 Å². The molecule has 0 amide bonds. The van der Waals surface area contributed by atoms with E-state index >= 15 is 0 Å². The van der Waals surface area contributed by atoms with Gasteiger partial charge in [0.1, 0.15) is 5.78 Å². The molecular weight excluding hydrogens is 356 g/mol. The molecule has 0 aromatic carbocycles. The molecule has 3 saturated carbocycles. The van der Waals surface area contributed by atoms with Crippen LogP contribution in [-0.2, 0) is 14.4 Å². The Hall–Kier alpha value is -0.900. The Morgan fingerprint density at radius 1 is 1.07 bits per heavy atom. The van der Waals surface area contributed by atoms with Gasteiger partial charge in [0.25, 0.3) is 0 Å². The number of fused-ring (bicyclic) bond motifs is 5. The summed E-state index contributed by atoms with van der Waals surface area (Å²) in [7, 11) is 0. The van der Waals surface area contributed by atoms with Crippen LogP contribution in [0.4, 0.5) is 0 Å². The number of carbonyl (C=O) groups is 3. The van der Waals surface area contributed by atoms with Crippen molar-refractivity contribution < 1.29 is 14.4 Å². The summed E-state index contributed by atoms with van der Waals surface area (Å²) in [4.78, 5) is 36.1. The van der Waals surface area contributed by atoms with Gasteiger partial charge in [-0.05, 0) is 79.6 Å². The largest absolute Gasteiger partial charge is 0.298 e. The van der Waals surface area contributed by atoms with Crippen LogP contribution in [0.2, 0.25) is 0 Å². The van der Waals surface area contributed by atoms with E-state index in [0.29, 0.717) is 41.5 Å². The van der Waals surface area contributed by atoms with Crippen LogP contribution in [0.1, 0.15) is 72.1 Å². The summed E-state index contributed by atoms with van der Waals surface area (Å²) in [5.41, 5.74) is 1.72. The predicted octanol–water partition coefficient (Wildman–Crippen LogP) is 4.98. The second-order valence-corrected chi connectivity index (χ2v) is 11.0. The Balaban J connectivity index is 1.56. The highest BCUT2D eigenvalue weighted by Crippen LogP contribution is 2.66. The van der Waals surface area contributed by atoms with Crippen molar-refractivity contribution in [2.45, 2.75) is 72.1 Å². The number of allylic oxidation sites excluding steroid dienone is 1. The van der Waals surface area contributed by atoms with Crippen molar-refractivity contribution in [2.24, 2.45) is 34.5 Å². The van der Waals surface area contributed by atoms with E-state index in [1.54, 1.807) is 6.92 Å². The van der Waals surface area contributed by atoms with Crippen molar-refractivity contribution in [3.05, 3.63) is 11.6 Å². The van der Waals surface area contributed by atoms with Crippen LogP contribution in [-0.4, -0.2) is 22.4 Å². The molecule has 0 heterocycles. The van der Waals surface area contributed by atoms with Crippen LogP contribution in [0.25, 0.3) is 0 Å². The highest BCUT2D eigenvalue weighted by atomic mass is 32.2. The molecule has 27 heavy (non-hydrogen) atoms. The Bertz CT molecular complexity index is 710. The lowest BCUT2D eigenvalue weighted by molar-refractivity contribution is -0.128. The van der Waals surface area contributed by atoms with Crippen LogP contribution in [0.3, 0.4) is 0 Å². The minimum atomic E-state index is 0.0399. The van der Waals surface area contributed by atoms with E-state index in [2.05, 4.69) is 13.8 Å². The molecule has 3 nitrogen and oxygen atoms in total. The predicted molar refractivity (Wildman–Crippen MR) is 108 cm³/mol. The van der Waals surface area contributed by atoms with E-state index in [-0.39, 0.29) is 21.9 Å². The third kappa shape index (κ3) is 3.07. The lowest BCUT2D eigenvalue weighted by atomic mass is 9.46. The fourth-order valence-electron chi connectivity index (χ4n) is 7.36. The van der Waals surface area contributed by atoms with Gasteiger partial charge in [-0.2, -0.15) is 0 Å². The van der Waals surface area contributed by atoms with E-state index < -0.39 is 0 Å². The van der Waals surface area contributed by atoms with Crippen molar-refractivity contribution in [2.75, 3.05) is 5.75 Å². The summed E-state index contributed by atoms with van der Waals surface area (Å²) in [6.45, 7) is 6.32. The van der Waals surface area contributed by atoms with Crippen molar-refractivity contribution in [1.82, 2.24) is 0 Å². The Morgan fingerprint density at radius 3 is 2.59 bits per heavy atom. The zero-order chi connectivity index (χ0) is 19.4. The monoisotopic (exact) mass is 388 g/mol. The molecule has 0 radical (unpaired) electrons. The highest BCUT2D eigenvalue weighted by molar-refractivity contribution is 8.14. The second-order valence-electron chi connectivity index (χ2n) is 9.89. The van der Waals surface area contributed by atoms with Crippen LogP contribution >= 0.6 is 11.8 Å². The lowest BCUT2D eigenvalue weighted by Gasteiger charge is -2.58. The van der Waals surface area contributed by atoms with E-state index in [0.717, 1.165) is 32.1 Å². The minimum Gasteiger partial charge on any atom is -0.298 e. The standard InChI is InChI=1S/C23H32O3S/c1-14(24)27-13-21(26)20-7-6-18-17-5-4-15-12-16(25)8-10-22(15,2)19(17)9-11-23(18,20)3/h12,17-20H,4-11,13H2,1-3H3/t17-,18-,19-,20+,22-,23-/m0/s1. The first-order valence-corrected chi connectivity index (χ1v) is 11.6. The Kier molecular flexibility index (Phi) is 4.93. The zero-order valence-corrected chi connectivity index (χ0v) is 17.7. The first-order valence-electron chi connectivity index (χ1n) is 10.7. The summed E-state index contributed by atoms with van der Waals surface area (Å²) in [6.07, 6.45) is 10.4. The van der Waals surface area contributed by atoms with Gasteiger partial charge in [-0.3, -0.25) is 14.4 Å². The van der Waals surface area contributed by atoms with Gasteiger partial charge in [0.05, 0.1) is 5.75 Å². The Labute approximate surface area is 167 Å². The number of Topliss-reactive ketones (excluding diaryl/α,β-unsaturated/α-hetero) is 1. The fraction of sp³-hybridized carbons (Fsp3) is 0.783. The summed E-state index contributed by atoms with van der Waals surface area (Å²) in [6, 6.07) is 0. The van der Waals surface area contributed by atoms with Gasteiger partial charge in [-0.1, -0.05) is 31.2 Å². The quantitative estimate of drug-likeness (QED) is 0.684. The first kappa shape index (κ1) is 19.4. The molecule has 0 bridgehead atoms. The molecule has 0 N–H and O–H groups in total. The number of hydrogen-bond donors (Lipinski definition) is 0. The molecule has 3 fully saturated rings. The zero-order valence-electron chi connectivity index (χ0n) is 16.9. The van der Waals surface area contributed by atoms with Gasteiger partial charge in [-0.25, -0.2) is 0 Å². The number of rotatable bonds is 3. The molecule has 4 aliphatic carbocycles. The summed E-state index contributed by atoms with van der Waals surface area (Å²) in [5.74, 6) is 3.09. The van der Waals surface area contributed by atoms with E-state index in [1.807, 2.05) is 6.08 Å². The highest BCUT2D eigenvalue weighted by Gasteiger charge is 2.59. The molecule has 4 rings (SSSR count). The molecule has 0 spiro atoms. The van der Waals surface area contributed by atoms with E-state index in [4.69, 9.17) is 0 Å². The molecule has 4 heteroatoms. The van der Waals surface area contributed by atoms with Crippen molar-refractivity contribution in [1.29, 1.82) is 0 Å². The summed E-state index contributed by atoms with van der Waals surface area (Å²) in [5, 5.41) is 0.0399. The molecule has 0 unspecified atom stereocenters. The van der Waals surface area contributed by atoms with Crippen LogP contribution in [0, 0.1) is 34.5 Å². The smallest absolute Gasteiger partial charge is 0.186 e. The van der Waals surface area contributed by atoms with Gasteiger partial charge in [0.15, 0.2) is 10.9 Å². The van der Waals surface area contributed by atoms with Crippen molar-refractivity contribution >= 4 is 28.4 Å². The maximum absolute atomic E-state index is 12.9. The molecule has 4 aliphatic rings. The Morgan fingerprint density at radius 2 is 1.85 bits per heavy atom. The topological polar surface area (TPSA) is 51.2 Å². The van der Waals surface area contributed by atoms with Crippen LogP contribution < -0.4 is 0 Å². The maximum atomic E-state index is 12.9. The second kappa shape index (κ2) is 6.86. The minimum absolute atomic E-state index is 0.0399. The summed E-state index contributed by atoms with van der Waals surface area (Å²) >= 11 is 1.17. The lowest BCUT2D eigenvalue weighted by Crippen LogP contribution is -2.51. The van der Waals surface area contributed by atoms with Gasteiger partial charge < -0.3 is 0 Å². The average Bonchev–Trinajstić information content (AvgIpc) is 2.97. The third-order valence-corrected chi connectivity index (χ3v) is 9.60. The first-order chi connectivity index (χ1) is 12.8. The number of thioether (sulfide) groups is 1. The average molecular weight is 389 g/mol. The van der Waals surface area contributed by atoms with Crippen LogP contribution in [0.15, 0.2) is 11.6 Å². The van der Waals surface area contributed by atoms with E-state index in [1.165, 1.54) is 30.2 Å². The molecule has 0 aromatic heterocycles. The number of carbonyl (C=O) groups excluding carboxylic acids is 3. The molecule has 0 aliphatic heterocycles.